The molecule has 1 heterocycles. The first-order chi connectivity index (χ1) is 8.79. The summed E-state index contributed by atoms with van der Waals surface area (Å²) in [4.78, 5) is 3.92. The van der Waals surface area contributed by atoms with Crippen molar-refractivity contribution in [3.63, 3.8) is 0 Å². The fraction of sp³-hybridized carbons (Fsp3) is 0.154. The van der Waals surface area contributed by atoms with E-state index in [2.05, 4.69) is 15.2 Å². The lowest BCUT2D eigenvalue weighted by Gasteiger charge is -2.02. The second-order valence-corrected chi connectivity index (χ2v) is 3.94. The third-order valence-electron chi connectivity index (χ3n) is 2.33. The highest BCUT2D eigenvalue weighted by Gasteiger charge is 2.04. The number of benzene rings is 1. The molecule has 0 radical (unpaired) electrons. The molecule has 4 nitrogen and oxygen atoms in total. The van der Waals surface area contributed by atoms with Crippen molar-refractivity contribution in [1.29, 1.82) is 0 Å². The van der Waals surface area contributed by atoms with E-state index in [1.165, 1.54) is 0 Å². The van der Waals surface area contributed by atoms with Crippen molar-refractivity contribution < 1.29 is 4.74 Å². The van der Waals surface area contributed by atoms with Gasteiger partial charge in [0.25, 0.3) is 0 Å². The minimum atomic E-state index is -0.505. The van der Waals surface area contributed by atoms with E-state index in [4.69, 9.17) is 16.3 Å². The SMILES string of the molecule is COc1ccc(N=NC(Cl)c2ccncc2)cc1. The summed E-state index contributed by atoms with van der Waals surface area (Å²) in [6, 6.07) is 10.9. The molecule has 1 atom stereocenters. The highest BCUT2D eigenvalue weighted by Crippen LogP contribution is 2.24. The fourth-order valence-electron chi connectivity index (χ4n) is 1.36. The molecule has 92 valence electrons. The van der Waals surface area contributed by atoms with Crippen LogP contribution in [-0.2, 0) is 0 Å². The summed E-state index contributed by atoms with van der Waals surface area (Å²) in [5.74, 6) is 0.783. The number of azo groups is 1. The minimum absolute atomic E-state index is 0.505. The van der Waals surface area contributed by atoms with Gasteiger partial charge in [-0.3, -0.25) is 4.98 Å². The third-order valence-corrected chi connectivity index (χ3v) is 2.67. The molecular weight excluding hydrogens is 250 g/mol. The first-order valence-electron chi connectivity index (χ1n) is 5.38. The van der Waals surface area contributed by atoms with Crippen LogP contribution in [0, 0.1) is 0 Å². The molecule has 18 heavy (non-hydrogen) atoms. The Morgan fingerprint density at radius 1 is 1.11 bits per heavy atom. The van der Waals surface area contributed by atoms with Crippen molar-refractivity contribution in [3.8, 4) is 5.75 Å². The van der Waals surface area contributed by atoms with Gasteiger partial charge in [0.15, 0.2) is 5.50 Å². The van der Waals surface area contributed by atoms with E-state index in [-0.39, 0.29) is 0 Å². The number of ether oxygens (including phenoxy) is 1. The molecule has 0 aliphatic carbocycles. The Morgan fingerprint density at radius 2 is 1.78 bits per heavy atom. The Kier molecular flexibility index (Phi) is 4.25. The fourth-order valence-corrected chi connectivity index (χ4v) is 1.54. The van der Waals surface area contributed by atoms with E-state index in [0.717, 1.165) is 17.0 Å². The zero-order chi connectivity index (χ0) is 12.8. The van der Waals surface area contributed by atoms with Crippen molar-refractivity contribution in [2.75, 3.05) is 7.11 Å². The Hall–Kier alpha value is -1.94. The van der Waals surface area contributed by atoms with E-state index in [1.54, 1.807) is 19.5 Å². The lowest BCUT2D eigenvalue weighted by Crippen LogP contribution is -1.85. The number of rotatable bonds is 4. The van der Waals surface area contributed by atoms with Crippen LogP contribution in [0.2, 0.25) is 0 Å². The first-order valence-corrected chi connectivity index (χ1v) is 5.82. The molecule has 0 N–H and O–H groups in total. The van der Waals surface area contributed by atoms with E-state index in [0.29, 0.717) is 0 Å². The predicted molar refractivity (Wildman–Crippen MR) is 70.3 cm³/mol. The van der Waals surface area contributed by atoms with Gasteiger partial charge in [-0.05, 0) is 42.0 Å². The van der Waals surface area contributed by atoms with Crippen LogP contribution in [0.15, 0.2) is 59.0 Å². The van der Waals surface area contributed by atoms with Gasteiger partial charge in [-0.15, -0.1) is 0 Å². The van der Waals surface area contributed by atoms with Crippen LogP contribution in [-0.4, -0.2) is 12.1 Å². The number of nitrogens with zero attached hydrogens (tertiary/aromatic N) is 3. The monoisotopic (exact) mass is 261 g/mol. The molecule has 0 amide bonds. The smallest absolute Gasteiger partial charge is 0.170 e. The summed E-state index contributed by atoms with van der Waals surface area (Å²) in [6.07, 6.45) is 3.35. The van der Waals surface area contributed by atoms with Gasteiger partial charge in [0.05, 0.1) is 12.8 Å². The van der Waals surface area contributed by atoms with Gasteiger partial charge in [-0.25, -0.2) is 0 Å². The summed E-state index contributed by atoms with van der Waals surface area (Å²) in [5, 5.41) is 8.12. The van der Waals surface area contributed by atoms with E-state index in [9.17, 15) is 0 Å². The Bertz CT molecular complexity index is 514. The van der Waals surface area contributed by atoms with Crippen molar-refractivity contribution in [2.45, 2.75) is 5.50 Å². The number of methoxy groups -OCH3 is 1. The van der Waals surface area contributed by atoms with Crippen molar-refractivity contribution in [1.82, 2.24) is 4.98 Å². The van der Waals surface area contributed by atoms with Gasteiger partial charge in [0, 0.05) is 12.4 Å². The molecule has 0 aliphatic rings. The van der Waals surface area contributed by atoms with E-state index < -0.39 is 5.50 Å². The van der Waals surface area contributed by atoms with Crippen LogP contribution in [0.4, 0.5) is 5.69 Å². The molecule has 0 saturated heterocycles. The van der Waals surface area contributed by atoms with Gasteiger partial charge < -0.3 is 4.74 Å². The highest BCUT2D eigenvalue weighted by atomic mass is 35.5. The van der Waals surface area contributed by atoms with Gasteiger partial charge in [-0.1, -0.05) is 11.6 Å². The van der Waals surface area contributed by atoms with Gasteiger partial charge in [-0.2, -0.15) is 10.2 Å². The lowest BCUT2D eigenvalue weighted by molar-refractivity contribution is 0.415. The first kappa shape index (κ1) is 12.5. The second-order valence-electron chi connectivity index (χ2n) is 3.53. The van der Waals surface area contributed by atoms with Crippen LogP contribution < -0.4 is 4.74 Å². The maximum atomic E-state index is 6.10. The molecule has 0 spiro atoms. The number of pyridine rings is 1. The Balaban J connectivity index is 2.06. The molecule has 0 saturated carbocycles. The van der Waals surface area contributed by atoms with Crippen LogP contribution >= 0.6 is 11.6 Å². The molecule has 0 aliphatic heterocycles. The number of hydrogen-bond donors (Lipinski definition) is 0. The van der Waals surface area contributed by atoms with Gasteiger partial charge >= 0.3 is 0 Å². The molecule has 5 heteroatoms. The average molecular weight is 262 g/mol. The van der Waals surface area contributed by atoms with Crippen molar-refractivity contribution >= 4 is 17.3 Å². The number of alkyl halides is 1. The molecule has 2 rings (SSSR count). The predicted octanol–water partition coefficient (Wildman–Crippen LogP) is 4.11. The van der Waals surface area contributed by atoms with Crippen molar-refractivity contribution in [2.24, 2.45) is 10.2 Å². The normalized spacial score (nSPS) is 12.6. The average Bonchev–Trinajstić information content (AvgIpc) is 2.46. The molecule has 0 fully saturated rings. The highest BCUT2D eigenvalue weighted by molar-refractivity contribution is 6.20. The summed E-state index contributed by atoms with van der Waals surface area (Å²) in [5.41, 5.74) is 1.09. The minimum Gasteiger partial charge on any atom is -0.497 e. The number of halogens is 1. The van der Waals surface area contributed by atoms with E-state index >= 15 is 0 Å². The molecular formula is C13H12ClN3O. The van der Waals surface area contributed by atoms with Crippen LogP contribution in [0.5, 0.6) is 5.75 Å². The summed E-state index contributed by atoms with van der Waals surface area (Å²) >= 11 is 6.10. The van der Waals surface area contributed by atoms with E-state index in [1.807, 2.05) is 36.4 Å². The zero-order valence-corrected chi connectivity index (χ0v) is 10.6. The summed E-state index contributed by atoms with van der Waals surface area (Å²) in [7, 11) is 1.62. The quantitative estimate of drug-likeness (QED) is 0.472. The van der Waals surface area contributed by atoms with Crippen LogP contribution in [0.1, 0.15) is 11.1 Å². The molecule has 1 aromatic heterocycles. The molecule has 1 aromatic carbocycles. The van der Waals surface area contributed by atoms with Crippen LogP contribution in [0.25, 0.3) is 0 Å². The van der Waals surface area contributed by atoms with Gasteiger partial charge in [0.2, 0.25) is 0 Å². The van der Waals surface area contributed by atoms with Crippen LogP contribution in [0.3, 0.4) is 0 Å². The Morgan fingerprint density at radius 3 is 2.39 bits per heavy atom. The maximum Gasteiger partial charge on any atom is 0.170 e. The Labute approximate surface area is 110 Å². The third kappa shape index (κ3) is 3.28. The largest absolute Gasteiger partial charge is 0.497 e. The lowest BCUT2D eigenvalue weighted by atomic mass is 10.3. The molecule has 0 bridgehead atoms. The summed E-state index contributed by atoms with van der Waals surface area (Å²) in [6.45, 7) is 0. The van der Waals surface area contributed by atoms with Gasteiger partial charge in [0.1, 0.15) is 5.75 Å². The number of hydrogen-bond acceptors (Lipinski definition) is 4. The molecule has 2 aromatic rings. The topological polar surface area (TPSA) is 46.8 Å². The second kappa shape index (κ2) is 6.12. The molecule has 1 unspecified atom stereocenters. The number of aromatic nitrogens is 1. The van der Waals surface area contributed by atoms with Crippen molar-refractivity contribution in [3.05, 3.63) is 54.4 Å². The summed E-state index contributed by atoms with van der Waals surface area (Å²) < 4.78 is 5.06. The zero-order valence-electron chi connectivity index (χ0n) is 9.82. The standard InChI is InChI=1S/C13H12ClN3O/c1-18-12-4-2-11(3-5-12)16-17-13(14)10-6-8-15-9-7-10/h2-9,13H,1H3. The maximum absolute atomic E-state index is 6.10.